The lowest BCUT2D eigenvalue weighted by Gasteiger charge is -2.15. The molecule has 0 aliphatic carbocycles. The highest BCUT2D eigenvalue weighted by Gasteiger charge is 2.23. The van der Waals surface area contributed by atoms with E-state index >= 15 is 0 Å². The minimum atomic E-state index is -0.816. The number of amides is 1. The number of benzene rings is 2. The number of aromatic hydroxyl groups is 2. The van der Waals surface area contributed by atoms with E-state index in [1.165, 1.54) is 42.4 Å². The lowest BCUT2D eigenvalue weighted by molar-refractivity contribution is 0.102. The number of methoxy groups -OCH3 is 1. The molecule has 1 amide bonds. The summed E-state index contributed by atoms with van der Waals surface area (Å²) in [5, 5.41) is 23.2. The summed E-state index contributed by atoms with van der Waals surface area (Å²) in [6.07, 6.45) is 2.73. The molecular formula is C20H16N4O5. The maximum absolute atomic E-state index is 13.2. The Morgan fingerprint density at radius 2 is 1.93 bits per heavy atom. The van der Waals surface area contributed by atoms with Crippen LogP contribution >= 0.6 is 0 Å². The van der Waals surface area contributed by atoms with Gasteiger partial charge in [0.1, 0.15) is 28.6 Å². The van der Waals surface area contributed by atoms with Crippen LogP contribution in [0, 0.1) is 0 Å². The van der Waals surface area contributed by atoms with Crippen molar-refractivity contribution in [2.75, 3.05) is 12.4 Å². The van der Waals surface area contributed by atoms with Crippen LogP contribution in [0.3, 0.4) is 0 Å². The van der Waals surface area contributed by atoms with E-state index in [4.69, 9.17) is 4.74 Å². The number of hydrogen-bond donors (Lipinski definition) is 4. The van der Waals surface area contributed by atoms with Crippen molar-refractivity contribution in [3.8, 4) is 22.9 Å². The molecule has 0 fully saturated rings. The molecule has 29 heavy (non-hydrogen) atoms. The second kappa shape index (κ2) is 7.04. The molecule has 0 saturated carbocycles. The second-order valence-corrected chi connectivity index (χ2v) is 6.18. The fraction of sp³-hybridized carbons (Fsp3) is 0.0500. The first-order valence-corrected chi connectivity index (χ1v) is 8.54. The minimum Gasteiger partial charge on any atom is -0.508 e. The number of rotatable bonds is 4. The van der Waals surface area contributed by atoms with E-state index in [-0.39, 0.29) is 17.0 Å². The molecule has 0 unspecified atom stereocenters. The lowest BCUT2D eigenvalue weighted by atomic mass is 10.1. The first-order chi connectivity index (χ1) is 14.0. The fourth-order valence-electron chi connectivity index (χ4n) is 3.07. The zero-order valence-electron chi connectivity index (χ0n) is 15.2. The van der Waals surface area contributed by atoms with Crippen LogP contribution in [0.1, 0.15) is 10.4 Å². The number of pyridine rings is 1. The zero-order valence-corrected chi connectivity index (χ0v) is 15.2. The monoisotopic (exact) mass is 392 g/mol. The van der Waals surface area contributed by atoms with Gasteiger partial charge in [-0.15, -0.1) is 0 Å². The summed E-state index contributed by atoms with van der Waals surface area (Å²) in [6.45, 7) is 0. The Hall–Kier alpha value is -4.27. The van der Waals surface area contributed by atoms with Crippen molar-refractivity contribution >= 4 is 22.6 Å². The van der Waals surface area contributed by atoms with Gasteiger partial charge in [-0.2, -0.15) is 0 Å². The van der Waals surface area contributed by atoms with E-state index in [9.17, 15) is 19.8 Å². The maximum atomic E-state index is 13.2. The van der Waals surface area contributed by atoms with E-state index in [0.717, 1.165) is 0 Å². The van der Waals surface area contributed by atoms with Crippen molar-refractivity contribution in [1.29, 1.82) is 0 Å². The molecule has 4 rings (SSSR count). The summed E-state index contributed by atoms with van der Waals surface area (Å²) in [5.74, 6) is -0.597. The van der Waals surface area contributed by atoms with Crippen LogP contribution in [0.4, 0.5) is 5.82 Å². The number of phenolic OH excluding ortho intramolecular Hbond substituents is 1. The van der Waals surface area contributed by atoms with Crippen LogP contribution in [-0.4, -0.2) is 37.8 Å². The van der Waals surface area contributed by atoms with E-state index in [0.29, 0.717) is 17.0 Å². The third-order valence-electron chi connectivity index (χ3n) is 4.43. The average molecular weight is 392 g/mol. The van der Waals surface area contributed by atoms with Crippen LogP contribution < -0.4 is 15.6 Å². The van der Waals surface area contributed by atoms with Crippen molar-refractivity contribution in [1.82, 2.24) is 14.5 Å². The number of aromatic amines is 1. The number of nitrogens with zero attached hydrogens (tertiary/aromatic N) is 2. The molecule has 0 saturated heterocycles. The third kappa shape index (κ3) is 3.14. The molecule has 146 valence electrons. The highest BCUT2D eigenvalue weighted by molar-refractivity contribution is 6.09. The van der Waals surface area contributed by atoms with Gasteiger partial charge < -0.3 is 25.3 Å². The number of hydrogen-bond acceptors (Lipinski definition) is 6. The highest BCUT2D eigenvalue weighted by atomic mass is 16.5. The molecule has 4 N–H and O–H groups in total. The first kappa shape index (κ1) is 18.1. The lowest BCUT2D eigenvalue weighted by Crippen LogP contribution is -2.29. The van der Waals surface area contributed by atoms with Crippen molar-refractivity contribution < 1.29 is 19.7 Å². The topological polar surface area (TPSA) is 129 Å². The Balaban J connectivity index is 1.98. The van der Waals surface area contributed by atoms with Gasteiger partial charge in [-0.1, -0.05) is 0 Å². The first-order valence-electron chi connectivity index (χ1n) is 8.54. The number of H-pyrrole nitrogens is 1. The molecule has 0 aliphatic rings. The molecular weight excluding hydrogens is 376 g/mol. The van der Waals surface area contributed by atoms with Gasteiger partial charge in [0.2, 0.25) is 0 Å². The summed E-state index contributed by atoms with van der Waals surface area (Å²) in [4.78, 5) is 32.5. The highest BCUT2D eigenvalue weighted by Crippen LogP contribution is 2.31. The standard InChI is InChI=1S/C20H16N4O5/c1-29-13-5-2-11(3-6-13)24-15-7-4-12(25)8-14(15)18(26)17(20(24)28)19(27)23-16-9-21-10-22-16/h2-10,25-26H,1H3,(H,21,22)(H,23,27). The molecule has 9 nitrogen and oxygen atoms in total. The van der Waals surface area contributed by atoms with Crippen LogP contribution in [0.15, 0.2) is 59.8 Å². The van der Waals surface area contributed by atoms with E-state index in [1.807, 2.05) is 0 Å². The summed E-state index contributed by atoms with van der Waals surface area (Å²) in [6, 6.07) is 10.8. The van der Waals surface area contributed by atoms with Crippen molar-refractivity contribution in [3.63, 3.8) is 0 Å². The molecule has 2 aromatic heterocycles. The Morgan fingerprint density at radius 1 is 1.17 bits per heavy atom. The molecule has 0 bridgehead atoms. The largest absolute Gasteiger partial charge is 0.508 e. The summed E-state index contributed by atoms with van der Waals surface area (Å²) < 4.78 is 6.43. The summed E-state index contributed by atoms with van der Waals surface area (Å²) in [5.41, 5.74) is -0.396. The number of carbonyl (C=O) groups is 1. The van der Waals surface area contributed by atoms with Crippen LogP contribution in [-0.2, 0) is 0 Å². The smallest absolute Gasteiger partial charge is 0.272 e. The van der Waals surface area contributed by atoms with Gasteiger partial charge in [-0.05, 0) is 42.5 Å². The molecule has 2 aromatic carbocycles. The van der Waals surface area contributed by atoms with Crippen LogP contribution in [0.25, 0.3) is 16.6 Å². The Bertz CT molecular complexity index is 1260. The predicted molar refractivity (Wildman–Crippen MR) is 106 cm³/mol. The molecule has 0 aliphatic heterocycles. The maximum Gasteiger partial charge on any atom is 0.272 e. The molecule has 4 aromatic rings. The number of ether oxygens (including phenoxy) is 1. The minimum absolute atomic E-state index is 0.118. The van der Waals surface area contributed by atoms with Gasteiger partial charge in [0.25, 0.3) is 11.5 Å². The number of carbonyl (C=O) groups excluding carboxylic acids is 1. The van der Waals surface area contributed by atoms with Crippen molar-refractivity contribution in [2.24, 2.45) is 0 Å². The van der Waals surface area contributed by atoms with E-state index in [2.05, 4.69) is 15.3 Å². The fourth-order valence-corrected chi connectivity index (χ4v) is 3.07. The number of phenols is 1. The summed E-state index contributed by atoms with van der Waals surface area (Å²) in [7, 11) is 1.53. The van der Waals surface area contributed by atoms with Gasteiger partial charge in [0, 0.05) is 11.1 Å². The van der Waals surface area contributed by atoms with E-state index < -0.39 is 22.8 Å². The second-order valence-electron chi connectivity index (χ2n) is 6.18. The van der Waals surface area contributed by atoms with E-state index in [1.54, 1.807) is 24.3 Å². The quantitative estimate of drug-likeness (QED) is 0.422. The summed E-state index contributed by atoms with van der Waals surface area (Å²) >= 11 is 0. The zero-order chi connectivity index (χ0) is 20.5. The van der Waals surface area contributed by atoms with Crippen LogP contribution in [0.2, 0.25) is 0 Å². The molecule has 0 radical (unpaired) electrons. The van der Waals surface area contributed by atoms with Gasteiger partial charge in [-0.25, -0.2) is 4.98 Å². The predicted octanol–water partition coefficient (Wildman–Crippen LogP) is 2.39. The Labute approximate surface area is 163 Å². The Kier molecular flexibility index (Phi) is 4.40. The molecule has 0 atom stereocenters. The average Bonchev–Trinajstić information content (AvgIpc) is 3.22. The van der Waals surface area contributed by atoms with Gasteiger partial charge >= 0.3 is 0 Å². The third-order valence-corrected chi connectivity index (χ3v) is 4.43. The Morgan fingerprint density at radius 3 is 2.59 bits per heavy atom. The van der Waals surface area contributed by atoms with Crippen LogP contribution in [0.5, 0.6) is 17.2 Å². The van der Waals surface area contributed by atoms with Gasteiger partial charge in [-0.3, -0.25) is 14.2 Å². The number of aromatic nitrogens is 3. The molecule has 2 heterocycles. The van der Waals surface area contributed by atoms with Gasteiger partial charge in [0.15, 0.2) is 0 Å². The van der Waals surface area contributed by atoms with Gasteiger partial charge in [0.05, 0.1) is 25.2 Å². The molecule has 0 spiro atoms. The normalized spacial score (nSPS) is 10.8. The van der Waals surface area contributed by atoms with Crippen molar-refractivity contribution in [3.05, 3.63) is 70.9 Å². The SMILES string of the molecule is COc1ccc(-n2c(=O)c(C(=O)Nc3cnc[nH]3)c(O)c3cc(O)ccc32)cc1. The number of anilines is 1. The number of nitrogens with one attached hydrogen (secondary N) is 2. The van der Waals surface area contributed by atoms with Crippen molar-refractivity contribution in [2.45, 2.75) is 0 Å². The number of imidazole rings is 1. The molecule has 9 heteroatoms. The number of fused-ring (bicyclic) bond motifs is 1.